The topological polar surface area (TPSA) is 20.2 Å². The van der Waals surface area contributed by atoms with E-state index in [1.54, 1.807) is 0 Å². The molecule has 65 valence electrons. The Morgan fingerprint density at radius 1 is 1.08 bits per heavy atom. The molecule has 0 bridgehead atoms. The van der Waals surface area contributed by atoms with Gasteiger partial charge in [-0.15, -0.1) is 0 Å². The van der Waals surface area contributed by atoms with Crippen molar-refractivity contribution in [2.75, 3.05) is 0 Å². The van der Waals surface area contributed by atoms with Crippen molar-refractivity contribution in [3.05, 3.63) is 35.9 Å². The van der Waals surface area contributed by atoms with E-state index in [9.17, 15) is 5.11 Å². The first-order valence-electron chi connectivity index (χ1n) is 2.95. The molecule has 0 aliphatic carbocycles. The summed E-state index contributed by atoms with van der Waals surface area (Å²) in [5.41, 5.74) is 0.927. The minimum atomic E-state index is -0.767. The van der Waals surface area contributed by atoms with Gasteiger partial charge < -0.3 is 5.11 Å². The van der Waals surface area contributed by atoms with Gasteiger partial charge in [0.15, 0.2) is 1.61 Å². The Morgan fingerprint density at radius 2 is 1.50 bits per heavy atom. The van der Waals surface area contributed by atoms with Crippen molar-refractivity contribution in [1.29, 1.82) is 0 Å². The van der Waals surface area contributed by atoms with Gasteiger partial charge in [-0.1, -0.05) is 30.3 Å². The van der Waals surface area contributed by atoms with Crippen LogP contribution in [0.5, 0.6) is 0 Å². The van der Waals surface area contributed by atoms with E-state index >= 15 is 0 Å². The van der Waals surface area contributed by atoms with Crippen LogP contribution in [0.15, 0.2) is 30.3 Å². The maximum atomic E-state index is 9.46. The predicted octanol–water partition coefficient (Wildman–Crippen LogP) is 3.54. The van der Waals surface area contributed by atoms with Crippen molar-refractivity contribution in [1.82, 2.24) is 0 Å². The Morgan fingerprint density at radius 3 is 1.75 bits per heavy atom. The summed E-state index contributed by atoms with van der Waals surface area (Å²) in [7, 11) is 0. The molecular formula is C7H6I3OZr. The molecule has 0 fully saturated rings. The molecule has 0 unspecified atom stereocenters. The van der Waals surface area contributed by atoms with Crippen LogP contribution in [0.1, 0.15) is 5.56 Å². The van der Waals surface area contributed by atoms with Crippen molar-refractivity contribution in [2.45, 2.75) is 1.61 Å². The van der Waals surface area contributed by atoms with Gasteiger partial charge in [-0.05, 0) is 45.2 Å². The molecule has 0 saturated heterocycles. The van der Waals surface area contributed by atoms with E-state index in [0.29, 0.717) is 0 Å². The first-order valence-corrected chi connectivity index (χ1v) is 12.4. The quantitative estimate of drug-likeness (QED) is 0.400. The summed E-state index contributed by atoms with van der Waals surface area (Å²) in [6.07, 6.45) is 0. The zero-order valence-corrected chi connectivity index (χ0v) is 14.9. The standard InChI is InChI=1S/C7H6I2O.HI.Zr/c8-7(9,10)6-4-2-1-3-5-6;;/h1-5,10H;1H;/q;;+1/p-1. The summed E-state index contributed by atoms with van der Waals surface area (Å²) in [5.74, 6) is 0. The van der Waals surface area contributed by atoms with Crippen LogP contribution in [-0.2, 0) is 22.1 Å². The van der Waals surface area contributed by atoms with Gasteiger partial charge in [0, 0.05) is 5.56 Å². The zero-order valence-electron chi connectivity index (χ0n) is 5.97. The number of hydrogen-bond acceptors (Lipinski definition) is 1. The van der Waals surface area contributed by atoms with Crippen LogP contribution in [-0.4, -0.2) is 5.11 Å². The molecule has 5 heteroatoms. The van der Waals surface area contributed by atoms with Gasteiger partial charge in [-0.25, -0.2) is 0 Å². The van der Waals surface area contributed by atoms with E-state index < -0.39 is 1.61 Å². The fourth-order valence-electron chi connectivity index (χ4n) is 0.639. The van der Waals surface area contributed by atoms with Crippen molar-refractivity contribution >= 4 is 63.2 Å². The summed E-state index contributed by atoms with van der Waals surface area (Å²) in [4.78, 5) is 0. The number of halogens is 3. The molecular weight excluding hydrogens is 572 g/mol. The van der Waals surface area contributed by atoms with Gasteiger partial charge in [0.1, 0.15) is 0 Å². The first-order chi connectivity index (χ1) is 5.61. The number of aliphatic hydroxyl groups is 1. The second kappa shape index (κ2) is 7.53. The summed E-state index contributed by atoms with van der Waals surface area (Å²) in [6.45, 7) is 0. The van der Waals surface area contributed by atoms with Crippen LogP contribution < -0.4 is 0 Å². The van der Waals surface area contributed by atoms with E-state index in [2.05, 4.69) is 18.0 Å². The molecule has 0 atom stereocenters. The Bertz CT molecular complexity index is 210. The molecule has 0 aromatic heterocycles. The molecule has 0 aliphatic heterocycles. The molecule has 1 nitrogen and oxygen atoms in total. The summed E-state index contributed by atoms with van der Waals surface area (Å²) in [5, 5.41) is 9.46. The Balaban J connectivity index is 0.000000561. The fourth-order valence-corrected chi connectivity index (χ4v) is 1.36. The Kier molecular flexibility index (Phi) is 8.95. The van der Waals surface area contributed by atoms with Crippen LogP contribution >= 0.6 is 63.2 Å². The van der Waals surface area contributed by atoms with Crippen molar-refractivity contribution < 1.29 is 25.6 Å². The molecule has 0 radical (unpaired) electrons. The molecule has 1 aromatic carbocycles. The third-order valence-electron chi connectivity index (χ3n) is 1.12. The van der Waals surface area contributed by atoms with Crippen LogP contribution in [0, 0.1) is 0 Å². The summed E-state index contributed by atoms with van der Waals surface area (Å²) < 4.78 is -0.767. The van der Waals surface area contributed by atoms with Crippen LogP contribution in [0.2, 0.25) is 0 Å². The molecule has 0 amide bonds. The van der Waals surface area contributed by atoms with Crippen LogP contribution in [0.25, 0.3) is 0 Å². The van der Waals surface area contributed by atoms with E-state index in [1.807, 2.05) is 75.5 Å². The van der Waals surface area contributed by atoms with Gasteiger partial charge >= 0.3 is 38.6 Å². The number of benzene rings is 1. The maximum absolute atomic E-state index is 9.46. The van der Waals surface area contributed by atoms with E-state index in [0.717, 1.165) is 5.56 Å². The van der Waals surface area contributed by atoms with Gasteiger partial charge in [0.2, 0.25) is 0 Å². The molecule has 1 N–H and O–H groups in total. The third kappa shape index (κ3) is 5.87. The van der Waals surface area contributed by atoms with Gasteiger partial charge in [0.25, 0.3) is 0 Å². The second-order valence-electron chi connectivity index (χ2n) is 1.91. The van der Waals surface area contributed by atoms with Crippen molar-refractivity contribution in [3.63, 3.8) is 0 Å². The Hall–Kier alpha value is 2.25. The van der Waals surface area contributed by atoms with Crippen LogP contribution in [0.3, 0.4) is 0 Å². The molecule has 0 heterocycles. The van der Waals surface area contributed by atoms with E-state index in [1.165, 1.54) is 20.5 Å². The Labute approximate surface area is 124 Å². The summed E-state index contributed by atoms with van der Waals surface area (Å²) >= 11 is 7.73. The van der Waals surface area contributed by atoms with Gasteiger partial charge in [-0.2, -0.15) is 0 Å². The average Bonchev–Trinajstić information content (AvgIpc) is 2.08. The summed E-state index contributed by atoms with van der Waals surface area (Å²) in [6, 6.07) is 9.57. The predicted molar refractivity (Wildman–Crippen MR) is 72.4 cm³/mol. The van der Waals surface area contributed by atoms with Gasteiger partial charge in [0.05, 0.1) is 0 Å². The third-order valence-corrected chi connectivity index (χ3v) is 2.37. The van der Waals surface area contributed by atoms with Crippen molar-refractivity contribution in [2.24, 2.45) is 0 Å². The number of hydrogen-bond donors (Lipinski definition) is 1. The molecule has 0 saturated carbocycles. The van der Waals surface area contributed by atoms with E-state index in [-0.39, 0.29) is 0 Å². The van der Waals surface area contributed by atoms with Gasteiger partial charge in [-0.3, -0.25) is 0 Å². The van der Waals surface area contributed by atoms with E-state index in [4.69, 9.17) is 0 Å². The van der Waals surface area contributed by atoms with Crippen molar-refractivity contribution in [3.8, 4) is 0 Å². The monoisotopic (exact) mass is 577 g/mol. The SMILES string of the molecule is OC(I)(I)c1ccccc1.[Zr][I]. The molecule has 0 spiro atoms. The minimum absolute atomic E-state index is 0.767. The average molecular weight is 578 g/mol. The fraction of sp³-hybridized carbons (Fsp3) is 0.143. The molecule has 0 aliphatic rings. The molecule has 1 aromatic rings. The second-order valence-corrected chi connectivity index (χ2v) is 7.09. The number of rotatable bonds is 1. The molecule has 12 heavy (non-hydrogen) atoms. The molecule has 1 rings (SSSR count). The zero-order chi connectivity index (χ0) is 9.61. The van der Waals surface area contributed by atoms with Crippen LogP contribution in [0.4, 0.5) is 0 Å². The first kappa shape index (κ1) is 14.3. The number of alkyl halides is 2. The normalized spacial score (nSPS) is 9.92.